The Labute approximate surface area is 200 Å². The van der Waals surface area contributed by atoms with Gasteiger partial charge in [0.2, 0.25) is 5.91 Å². The lowest BCUT2D eigenvalue weighted by Crippen LogP contribution is -2.50. The molecule has 2 rings (SSSR count). The topological polar surface area (TPSA) is 72.4 Å². The quantitative estimate of drug-likeness (QED) is 0.260. The fourth-order valence-corrected chi connectivity index (χ4v) is 3.98. The largest absolute Gasteiger partial charge is 0.379 e. The molecule has 0 aromatic heterocycles. The predicted molar refractivity (Wildman–Crippen MR) is 134 cm³/mol. The van der Waals surface area contributed by atoms with E-state index in [1.54, 1.807) is 6.92 Å². The Hall–Kier alpha value is -0.650. The Morgan fingerprint density at radius 2 is 1.73 bits per heavy atom. The molecule has 0 aromatic carbocycles. The Morgan fingerprint density at radius 1 is 1.07 bits per heavy atom. The molecule has 2 heterocycles. The molecule has 1 atom stereocenters. The van der Waals surface area contributed by atoms with Crippen molar-refractivity contribution in [1.82, 2.24) is 25.3 Å². The van der Waals surface area contributed by atoms with Crippen LogP contribution < -0.4 is 10.6 Å². The molecule has 2 saturated heterocycles. The molecule has 2 aliphatic rings. The minimum absolute atomic E-state index is 0. The van der Waals surface area contributed by atoms with E-state index in [0.29, 0.717) is 12.0 Å². The maximum atomic E-state index is 11.4. The van der Waals surface area contributed by atoms with Crippen LogP contribution in [0.3, 0.4) is 0 Å². The minimum atomic E-state index is 0. The van der Waals surface area contributed by atoms with Crippen molar-refractivity contribution < 1.29 is 9.53 Å². The van der Waals surface area contributed by atoms with Crippen molar-refractivity contribution in [3.8, 4) is 0 Å². The number of ether oxygens (including phenoxy) is 1. The van der Waals surface area contributed by atoms with Gasteiger partial charge in [0, 0.05) is 71.9 Å². The van der Waals surface area contributed by atoms with Crippen LogP contribution in [0.1, 0.15) is 34.1 Å². The average Bonchev–Trinajstić information content (AvgIpc) is 2.71. The normalized spacial score (nSPS) is 20.0. The number of nitrogens with zero attached hydrogens (tertiary/aromatic N) is 4. The average molecular weight is 539 g/mol. The summed E-state index contributed by atoms with van der Waals surface area (Å²) in [6.45, 7) is 19.0. The van der Waals surface area contributed by atoms with Gasteiger partial charge in [0.05, 0.1) is 19.8 Å². The molecule has 0 radical (unpaired) electrons. The lowest BCUT2D eigenvalue weighted by molar-refractivity contribution is -0.130. The summed E-state index contributed by atoms with van der Waals surface area (Å²) in [5.74, 6) is 1.74. The van der Waals surface area contributed by atoms with Crippen LogP contribution in [-0.2, 0) is 9.53 Å². The molecule has 9 heteroatoms. The van der Waals surface area contributed by atoms with Gasteiger partial charge in [-0.2, -0.15) is 0 Å². The molecule has 0 bridgehead atoms. The van der Waals surface area contributed by atoms with Crippen LogP contribution in [0.25, 0.3) is 0 Å². The fourth-order valence-electron chi connectivity index (χ4n) is 3.98. The number of halogens is 1. The number of guanidine groups is 1. The second-order valence-corrected chi connectivity index (χ2v) is 8.43. The van der Waals surface area contributed by atoms with Crippen molar-refractivity contribution in [2.75, 3.05) is 78.7 Å². The molecule has 2 aliphatic heterocycles. The molecule has 1 unspecified atom stereocenters. The molecular formula is C21H43IN6O2. The minimum Gasteiger partial charge on any atom is -0.379 e. The van der Waals surface area contributed by atoms with Crippen molar-refractivity contribution in [3.63, 3.8) is 0 Å². The highest BCUT2D eigenvalue weighted by Crippen LogP contribution is 2.14. The first kappa shape index (κ1) is 27.4. The number of amides is 1. The van der Waals surface area contributed by atoms with E-state index < -0.39 is 0 Å². The van der Waals surface area contributed by atoms with E-state index >= 15 is 0 Å². The molecule has 0 aromatic rings. The summed E-state index contributed by atoms with van der Waals surface area (Å²) in [6, 6.07) is 0.467. The first-order valence-electron chi connectivity index (χ1n) is 11.3. The van der Waals surface area contributed by atoms with Gasteiger partial charge in [-0.15, -0.1) is 24.0 Å². The molecule has 8 nitrogen and oxygen atoms in total. The van der Waals surface area contributed by atoms with Gasteiger partial charge in [-0.05, 0) is 19.3 Å². The number of aliphatic imine (C=N–C) groups is 1. The van der Waals surface area contributed by atoms with Crippen LogP contribution in [0.2, 0.25) is 0 Å². The Balaban J connectivity index is 0.00000450. The van der Waals surface area contributed by atoms with Crippen LogP contribution in [0.5, 0.6) is 0 Å². The maximum absolute atomic E-state index is 11.4. The number of hydrogen-bond acceptors (Lipinski definition) is 5. The number of hydrogen-bond donors (Lipinski definition) is 2. The molecule has 30 heavy (non-hydrogen) atoms. The number of carbonyl (C=O) groups excluding carboxylic acids is 1. The summed E-state index contributed by atoms with van der Waals surface area (Å²) in [5.41, 5.74) is 0. The summed E-state index contributed by atoms with van der Waals surface area (Å²) in [6.07, 6.45) is 1.16. The van der Waals surface area contributed by atoms with Gasteiger partial charge in [-0.3, -0.25) is 19.6 Å². The number of piperazine rings is 1. The van der Waals surface area contributed by atoms with E-state index in [1.807, 2.05) is 4.90 Å². The second-order valence-electron chi connectivity index (χ2n) is 8.43. The highest BCUT2D eigenvalue weighted by Gasteiger charge is 2.22. The summed E-state index contributed by atoms with van der Waals surface area (Å²) in [5, 5.41) is 6.87. The number of nitrogens with one attached hydrogen (secondary N) is 2. The smallest absolute Gasteiger partial charge is 0.219 e. The van der Waals surface area contributed by atoms with Crippen LogP contribution >= 0.6 is 24.0 Å². The van der Waals surface area contributed by atoms with Gasteiger partial charge in [-0.1, -0.05) is 13.8 Å². The van der Waals surface area contributed by atoms with Crippen LogP contribution in [0.15, 0.2) is 4.99 Å². The molecular weight excluding hydrogens is 495 g/mol. The van der Waals surface area contributed by atoms with Gasteiger partial charge in [0.1, 0.15) is 0 Å². The summed E-state index contributed by atoms with van der Waals surface area (Å²) < 4.78 is 5.52. The zero-order valence-electron chi connectivity index (χ0n) is 19.4. The standard InChI is InChI=1S/C21H42N6O2.HI/c1-5-22-21(23-6-7-25-8-10-26(11-9-25)19(4)28)24-17-20(16-18(2)3)27-12-14-29-15-13-27;/h18,20H,5-17H2,1-4H3,(H2,22,23,24);1H. The fraction of sp³-hybridized carbons (Fsp3) is 0.905. The lowest BCUT2D eigenvalue weighted by Gasteiger charge is -2.35. The van der Waals surface area contributed by atoms with Crippen molar-refractivity contribution in [1.29, 1.82) is 0 Å². The van der Waals surface area contributed by atoms with Crippen molar-refractivity contribution in [2.45, 2.75) is 40.2 Å². The summed E-state index contributed by atoms with van der Waals surface area (Å²) >= 11 is 0. The van der Waals surface area contributed by atoms with Gasteiger partial charge >= 0.3 is 0 Å². The SMILES string of the molecule is CCNC(=NCC(CC(C)C)N1CCOCC1)NCCN1CCN(C(C)=O)CC1.I. The third-order valence-corrected chi connectivity index (χ3v) is 5.65. The first-order valence-corrected chi connectivity index (χ1v) is 11.3. The van der Waals surface area contributed by atoms with Gasteiger partial charge in [-0.25, -0.2) is 0 Å². The molecule has 1 amide bonds. The van der Waals surface area contributed by atoms with E-state index in [-0.39, 0.29) is 29.9 Å². The highest BCUT2D eigenvalue weighted by molar-refractivity contribution is 14.0. The second kappa shape index (κ2) is 15.2. The van der Waals surface area contributed by atoms with Crippen LogP contribution in [0.4, 0.5) is 0 Å². The third kappa shape index (κ3) is 10.1. The third-order valence-electron chi connectivity index (χ3n) is 5.65. The number of rotatable bonds is 9. The lowest BCUT2D eigenvalue weighted by atomic mass is 10.0. The predicted octanol–water partition coefficient (Wildman–Crippen LogP) is 1.07. The molecule has 0 saturated carbocycles. The van der Waals surface area contributed by atoms with Gasteiger partial charge < -0.3 is 20.3 Å². The highest BCUT2D eigenvalue weighted by atomic mass is 127. The first-order chi connectivity index (χ1) is 14.0. The van der Waals surface area contributed by atoms with E-state index in [4.69, 9.17) is 9.73 Å². The van der Waals surface area contributed by atoms with E-state index in [0.717, 1.165) is 91.0 Å². The monoisotopic (exact) mass is 538 g/mol. The van der Waals surface area contributed by atoms with E-state index in [1.165, 1.54) is 0 Å². The molecule has 0 spiro atoms. The van der Waals surface area contributed by atoms with Crippen LogP contribution in [0, 0.1) is 5.92 Å². The summed E-state index contributed by atoms with van der Waals surface area (Å²) in [4.78, 5) is 23.2. The molecule has 0 aliphatic carbocycles. The maximum Gasteiger partial charge on any atom is 0.219 e. The van der Waals surface area contributed by atoms with Crippen LogP contribution in [-0.4, -0.2) is 111 Å². The van der Waals surface area contributed by atoms with Crippen molar-refractivity contribution >= 4 is 35.8 Å². The van der Waals surface area contributed by atoms with E-state index in [9.17, 15) is 4.79 Å². The van der Waals surface area contributed by atoms with Crippen molar-refractivity contribution in [2.24, 2.45) is 10.9 Å². The van der Waals surface area contributed by atoms with Gasteiger partial charge in [0.25, 0.3) is 0 Å². The summed E-state index contributed by atoms with van der Waals surface area (Å²) in [7, 11) is 0. The number of carbonyl (C=O) groups is 1. The number of morpholine rings is 1. The zero-order chi connectivity index (χ0) is 21.1. The molecule has 176 valence electrons. The Kier molecular flexibility index (Phi) is 13.9. The Bertz CT molecular complexity index is 506. The zero-order valence-corrected chi connectivity index (χ0v) is 21.7. The van der Waals surface area contributed by atoms with Crippen molar-refractivity contribution in [3.05, 3.63) is 0 Å². The molecule has 2 N–H and O–H groups in total. The van der Waals surface area contributed by atoms with Gasteiger partial charge in [0.15, 0.2) is 5.96 Å². The van der Waals surface area contributed by atoms with E-state index in [2.05, 4.69) is 41.2 Å². The molecule has 2 fully saturated rings. The Morgan fingerprint density at radius 3 is 2.30 bits per heavy atom.